The minimum Gasteiger partial charge on any atom is -0.383 e. The van der Waals surface area contributed by atoms with Crippen LogP contribution in [0.5, 0.6) is 0 Å². The summed E-state index contributed by atoms with van der Waals surface area (Å²) >= 11 is 0. The van der Waals surface area contributed by atoms with Gasteiger partial charge in [-0.05, 0) is 6.42 Å². The molecule has 6 heteroatoms. The third kappa shape index (κ3) is 10.6. The fourth-order valence-electron chi connectivity index (χ4n) is 0.884. The summed E-state index contributed by atoms with van der Waals surface area (Å²) in [6.45, 7) is 3.57. The second-order valence-corrected chi connectivity index (χ2v) is 3.01. The zero-order valence-electron chi connectivity index (χ0n) is 9.26. The molecular formula is C9H19N3O3. The van der Waals surface area contributed by atoms with Gasteiger partial charge in [0.2, 0.25) is 5.91 Å². The number of ether oxygens (including phenoxy) is 1. The Morgan fingerprint density at radius 3 is 2.27 bits per heavy atom. The number of methoxy groups -OCH3 is 1. The standard InChI is InChI=1S/C9H19N3O3/c1-8(13)10-4-3-5-11-9(14)12-6-7-15-2/h3-7H2,1-2H3,(H,10,13)(H2,11,12,14). The van der Waals surface area contributed by atoms with Gasteiger partial charge in [0, 0.05) is 33.7 Å². The molecule has 0 radical (unpaired) electrons. The van der Waals surface area contributed by atoms with E-state index in [-0.39, 0.29) is 11.9 Å². The molecule has 0 aromatic carbocycles. The number of carbonyl (C=O) groups excluding carboxylic acids is 2. The smallest absolute Gasteiger partial charge is 0.314 e. The lowest BCUT2D eigenvalue weighted by molar-refractivity contribution is -0.118. The molecule has 0 aliphatic rings. The van der Waals surface area contributed by atoms with Crippen LogP contribution in [0.25, 0.3) is 0 Å². The molecule has 0 rings (SSSR count). The molecule has 3 N–H and O–H groups in total. The average molecular weight is 217 g/mol. The van der Waals surface area contributed by atoms with Crippen LogP contribution in [0.1, 0.15) is 13.3 Å². The summed E-state index contributed by atoms with van der Waals surface area (Å²) in [5.74, 6) is -0.0560. The lowest BCUT2D eigenvalue weighted by atomic mass is 10.4. The van der Waals surface area contributed by atoms with Crippen molar-refractivity contribution in [2.24, 2.45) is 0 Å². The first-order valence-electron chi connectivity index (χ1n) is 4.92. The molecule has 0 aliphatic heterocycles. The second kappa shape index (κ2) is 9.26. The van der Waals surface area contributed by atoms with E-state index in [4.69, 9.17) is 4.74 Å². The van der Waals surface area contributed by atoms with Crippen molar-refractivity contribution in [3.05, 3.63) is 0 Å². The van der Waals surface area contributed by atoms with E-state index in [9.17, 15) is 9.59 Å². The average Bonchev–Trinajstić information content (AvgIpc) is 2.17. The van der Waals surface area contributed by atoms with E-state index in [2.05, 4.69) is 16.0 Å². The van der Waals surface area contributed by atoms with Crippen molar-refractivity contribution in [1.29, 1.82) is 0 Å². The molecule has 0 aromatic heterocycles. The van der Waals surface area contributed by atoms with E-state index in [1.54, 1.807) is 7.11 Å². The number of hydrogen-bond donors (Lipinski definition) is 3. The molecule has 0 aromatic rings. The van der Waals surface area contributed by atoms with Crippen molar-refractivity contribution in [3.63, 3.8) is 0 Å². The zero-order valence-corrected chi connectivity index (χ0v) is 9.26. The molecule has 15 heavy (non-hydrogen) atoms. The van der Waals surface area contributed by atoms with Crippen LogP contribution in [0.2, 0.25) is 0 Å². The van der Waals surface area contributed by atoms with Crippen LogP contribution in [-0.2, 0) is 9.53 Å². The minimum atomic E-state index is -0.213. The molecule has 3 amide bonds. The summed E-state index contributed by atoms with van der Waals surface area (Å²) in [6.07, 6.45) is 0.720. The van der Waals surface area contributed by atoms with Crippen molar-refractivity contribution in [3.8, 4) is 0 Å². The highest BCUT2D eigenvalue weighted by Gasteiger charge is 1.97. The van der Waals surface area contributed by atoms with E-state index >= 15 is 0 Å². The summed E-state index contributed by atoms with van der Waals surface area (Å²) < 4.78 is 4.77. The van der Waals surface area contributed by atoms with Gasteiger partial charge in [0.1, 0.15) is 0 Å². The molecule has 0 saturated heterocycles. The highest BCUT2D eigenvalue weighted by Crippen LogP contribution is 1.74. The van der Waals surface area contributed by atoms with Crippen LogP contribution in [-0.4, -0.2) is 45.3 Å². The summed E-state index contributed by atoms with van der Waals surface area (Å²) in [4.78, 5) is 21.5. The first kappa shape index (κ1) is 13.7. The molecule has 0 atom stereocenters. The maximum atomic E-state index is 11.0. The van der Waals surface area contributed by atoms with Gasteiger partial charge in [-0.3, -0.25) is 4.79 Å². The fraction of sp³-hybridized carbons (Fsp3) is 0.778. The highest BCUT2D eigenvalue weighted by atomic mass is 16.5. The molecule has 0 spiro atoms. The van der Waals surface area contributed by atoms with Gasteiger partial charge >= 0.3 is 6.03 Å². The third-order valence-corrected chi connectivity index (χ3v) is 1.60. The lowest BCUT2D eigenvalue weighted by Crippen LogP contribution is -2.38. The summed E-state index contributed by atoms with van der Waals surface area (Å²) in [5, 5.41) is 7.92. The van der Waals surface area contributed by atoms with Crippen molar-refractivity contribution >= 4 is 11.9 Å². The van der Waals surface area contributed by atoms with Crippen molar-refractivity contribution in [2.75, 3.05) is 33.4 Å². The number of amides is 3. The van der Waals surface area contributed by atoms with Gasteiger partial charge in [0.25, 0.3) is 0 Å². The first-order chi connectivity index (χ1) is 7.16. The minimum absolute atomic E-state index is 0.0560. The number of hydrogen-bond acceptors (Lipinski definition) is 3. The Hall–Kier alpha value is -1.30. The zero-order chi connectivity index (χ0) is 11.5. The molecule has 0 aliphatic carbocycles. The van der Waals surface area contributed by atoms with Gasteiger partial charge in [-0.2, -0.15) is 0 Å². The first-order valence-corrected chi connectivity index (χ1v) is 4.92. The normalized spacial score (nSPS) is 9.47. The largest absolute Gasteiger partial charge is 0.383 e. The lowest BCUT2D eigenvalue weighted by Gasteiger charge is -2.07. The SMILES string of the molecule is COCCNC(=O)NCCCNC(C)=O. The Morgan fingerprint density at radius 1 is 1.07 bits per heavy atom. The van der Waals surface area contributed by atoms with E-state index in [0.717, 1.165) is 6.42 Å². The molecule has 88 valence electrons. The van der Waals surface area contributed by atoms with E-state index < -0.39 is 0 Å². The molecule has 0 bridgehead atoms. The summed E-state index contributed by atoms with van der Waals surface area (Å²) in [5.41, 5.74) is 0. The van der Waals surface area contributed by atoms with Gasteiger partial charge in [-0.25, -0.2) is 4.79 Å². The van der Waals surface area contributed by atoms with Crippen LogP contribution in [0.4, 0.5) is 4.79 Å². The van der Waals surface area contributed by atoms with Gasteiger partial charge < -0.3 is 20.7 Å². The molecule has 6 nitrogen and oxygen atoms in total. The van der Waals surface area contributed by atoms with Crippen molar-refractivity contribution in [2.45, 2.75) is 13.3 Å². The van der Waals surface area contributed by atoms with E-state index in [1.165, 1.54) is 6.92 Å². The molecule has 0 heterocycles. The fourth-order valence-corrected chi connectivity index (χ4v) is 0.884. The van der Waals surface area contributed by atoms with Crippen LogP contribution >= 0.6 is 0 Å². The third-order valence-electron chi connectivity index (χ3n) is 1.60. The summed E-state index contributed by atoms with van der Waals surface area (Å²) in [6, 6.07) is -0.213. The van der Waals surface area contributed by atoms with Gasteiger partial charge in [0.05, 0.1) is 6.61 Å². The Kier molecular flexibility index (Phi) is 8.46. The number of nitrogens with one attached hydrogen (secondary N) is 3. The van der Waals surface area contributed by atoms with E-state index in [1.807, 2.05) is 0 Å². The molecule has 0 saturated carbocycles. The quantitative estimate of drug-likeness (QED) is 0.501. The predicted molar refractivity (Wildman–Crippen MR) is 56.6 cm³/mol. The molecule has 0 fully saturated rings. The Morgan fingerprint density at radius 2 is 1.67 bits per heavy atom. The Labute approximate surface area is 89.7 Å². The predicted octanol–water partition coefficient (Wildman–Crippen LogP) is -0.542. The van der Waals surface area contributed by atoms with Crippen LogP contribution < -0.4 is 16.0 Å². The topological polar surface area (TPSA) is 79.5 Å². The van der Waals surface area contributed by atoms with Crippen molar-refractivity contribution < 1.29 is 14.3 Å². The van der Waals surface area contributed by atoms with Crippen molar-refractivity contribution in [1.82, 2.24) is 16.0 Å². The van der Waals surface area contributed by atoms with E-state index in [0.29, 0.717) is 26.2 Å². The van der Waals surface area contributed by atoms with Gasteiger partial charge in [-0.15, -0.1) is 0 Å². The van der Waals surface area contributed by atoms with Crippen LogP contribution in [0.3, 0.4) is 0 Å². The van der Waals surface area contributed by atoms with Crippen LogP contribution in [0.15, 0.2) is 0 Å². The number of carbonyl (C=O) groups is 2. The maximum absolute atomic E-state index is 11.0. The summed E-state index contributed by atoms with van der Waals surface area (Å²) in [7, 11) is 1.58. The monoisotopic (exact) mass is 217 g/mol. The molecule has 0 unspecified atom stereocenters. The maximum Gasteiger partial charge on any atom is 0.314 e. The molecular weight excluding hydrogens is 198 g/mol. The second-order valence-electron chi connectivity index (χ2n) is 3.01. The number of rotatable bonds is 7. The highest BCUT2D eigenvalue weighted by molar-refractivity contribution is 5.74. The number of urea groups is 1. The Bertz CT molecular complexity index is 197. The van der Waals surface area contributed by atoms with Crippen LogP contribution in [0, 0.1) is 0 Å². The van der Waals surface area contributed by atoms with Gasteiger partial charge in [0.15, 0.2) is 0 Å². The van der Waals surface area contributed by atoms with Gasteiger partial charge in [-0.1, -0.05) is 0 Å². The Balaban J connectivity index is 3.20.